The van der Waals surface area contributed by atoms with E-state index in [2.05, 4.69) is 9.97 Å². The largest absolute Gasteiger partial charge is 0.381 e. The van der Waals surface area contributed by atoms with Gasteiger partial charge in [-0.2, -0.15) is 0 Å². The van der Waals surface area contributed by atoms with Crippen molar-refractivity contribution in [2.24, 2.45) is 0 Å². The molecule has 0 spiro atoms. The fourth-order valence-corrected chi connectivity index (χ4v) is 0.982. The van der Waals surface area contributed by atoms with Gasteiger partial charge < -0.3 is 9.72 Å². The minimum absolute atomic E-state index is 0.0352. The minimum atomic E-state index is -0.487. The Balaban J connectivity index is 2.90. The van der Waals surface area contributed by atoms with Crippen LogP contribution in [0.1, 0.15) is 12.5 Å². The Morgan fingerprint density at radius 1 is 1.54 bits per heavy atom. The van der Waals surface area contributed by atoms with E-state index in [1.165, 1.54) is 6.20 Å². The number of aromatic nitrogens is 2. The van der Waals surface area contributed by atoms with Gasteiger partial charge in [0.25, 0.3) is 5.56 Å². The summed E-state index contributed by atoms with van der Waals surface area (Å²) in [5, 5.41) is 0. The molecule has 1 atom stereocenters. The second kappa shape index (κ2) is 4.04. The maximum absolute atomic E-state index is 11.2. The Bertz CT molecular complexity index is 379. The highest BCUT2D eigenvalue weighted by atomic mass is 16.5. The number of methoxy groups -OCH3 is 1. The highest BCUT2D eigenvalue weighted by molar-refractivity contribution is 5.04. The fraction of sp³-hybridized carbons (Fsp3) is 0.500. The van der Waals surface area contributed by atoms with Gasteiger partial charge in [-0.3, -0.25) is 9.78 Å². The molecule has 0 saturated carbocycles. The molecule has 0 amide bonds. The van der Waals surface area contributed by atoms with Gasteiger partial charge in [-0.25, -0.2) is 4.79 Å². The number of rotatable bonds is 3. The van der Waals surface area contributed by atoms with E-state index in [1.54, 1.807) is 7.11 Å². The number of aromatic amines is 2. The molecule has 0 aliphatic heterocycles. The number of hydrogen-bond acceptors (Lipinski definition) is 3. The highest BCUT2D eigenvalue weighted by Gasteiger charge is 2.05. The van der Waals surface area contributed by atoms with Gasteiger partial charge in [0, 0.05) is 25.3 Å². The van der Waals surface area contributed by atoms with Crippen molar-refractivity contribution in [2.75, 3.05) is 7.11 Å². The summed E-state index contributed by atoms with van der Waals surface area (Å²) in [5.41, 5.74) is -0.319. The van der Waals surface area contributed by atoms with Gasteiger partial charge in [0.1, 0.15) is 0 Å². The lowest BCUT2D eigenvalue weighted by molar-refractivity contribution is 0.118. The van der Waals surface area contributed by atoms with Crippen LogP contribution in [0.25, 0.3) is 0 Å². The van der Waals surface area contributed by atoms with Crippen LogP contribution in [0.3, 0.4) is 0 Å². The lowest BCUT2D eigenvalue weighted by Crippen LogP contribution is -2.26. The zero-order valence-corrected chi connectivity index (χ0v) is 7.59. The van der Waals surface area contributed by atoms with E-state index in [0.717, 1.165) is 0 Å². The second-order valence-electron chi connectivity index (χ2n) is 2.85. The van der Waals surface area contributed by atoms with Crippen LogP contribution in [-0.2, 0) is 11.2 Å². The summed E-state index contributed by atoms with van der Waals surface area (Å²) in [6, 6.07) is 0. The minimum Gasteiger partial charge on any atom is -0.381 e. The lowest BCUT2D eigenvalue weighted by Gasteiger charge is -2.07. The molecule has 0 fully saturated rings. The van der Waals surface area contributed by atoms with Gasteiger partial charge >= 0.3 is 5.69 Å². The van der Waals surface area contributed by atoms with Crippen molar-refractivity contribution in [3.63, 3.8) is 0 Å². The van der Waals surface area contributed by atoms with Crippen molar-refractivity contribution in [3.05, 3.63) is 32.6 Å². The zero-order valence-electron chi connectivity index (χ0n) is 7.59. The molecule has 5 nitrogen and oxygen atoms in total. The monoisotopic (exact) mass is 184 g/mol. The van der Waals surface area contributed by atoms with Crippen LogP contribution in [-0.4, -0.2) is 23.2 Å². The first-order chi connectivity index (χ1) is 6.13. The van der Waals surface area contributed by atoms with E-state index in [9.17, 15) is 9.59 Å². The van der Waals surface area contributed by atoms with Crippen LogP contribution in [0.5, 0.6) is 0 Å². The summed E-state index contributed by atoms with van der Waals surface area (Å²) in [6.07, 6.45) is 1.87. The Hall–Kier alpha value is -1.36. The number of hydrogen-bond donors (Lipinski definition) is 2. The molecular formula is C8H12N2O3. The van der Waals surface area contributed by atoms with Crippen LogP contribution in [0.4, 0.5) is 0 Å². The summed E-state index contributed by atoms with van der Waals surface area (Å²) < 4.78 is 4.99. The first-order valence-electron chi connectivity index (χ1n) is 3.97. The molecule has 1 heterocycles. The second-order valence-corrected chi connectivity index (χ2v) is 2.85. The van der Waals surface area contributed by atoms with Gasteiger partial charge in [0.2, 0.25) is 0 Å². The molecule has 0 bridgehead atoms. The maximum Gasteiger partial charge on any atom is 0.325 e. The third kappa shape index (κ3) is 2.55. The number of H-pyrrole nitrogens is 2. The van der Waals surface area contributed by atoms with E-state index in [1.807, 2.05) is 6.92 Å². The summed E-state index contributed by atoms with van der Waals surface area (Å²) in [7, 11) is 1.57. The van der Waals surface area contributed by atoms with Crippen LogP contribution < -0.4 is 11.2 Å². The van der Waals surface area contributed by atoms with Crippen molar-refractivity contribution >= 4 is 0 Å². The predicted octanol–water partition coefficient (Wildman–Crippen LogP) is -0.359. The van der Waals surface area contributed by atoms with Crippen molar-refractivity contribution in [1.82, 2.24) is 9.97 Å². The molecule has 0 aliphatic carbocycles. The third-order valence-corrected chi connectivity index (χ3v) is 1.81. The van der Waals surface area contributed by atoms with E-state index < -0.39 is 5.69 Å². The maximum atomic E-state index is 11.2. The van der Waals surface area contributed by atoms with E-state index >= 15 is 0 Å². The Morgan fingerprint density at radius 2 is 2.23 bits per heavy atom. The molecule has 0 radical (unpaired) electrons. The van der Waals surface area contributed by atoms with Gasteiger partial charge in [0.15, 0.2) is 0 Å². The number of ether oxygens (including phenoxy) is 1. The summed E-state index contributed by atoms with van der Waals surface area (Å²) >= 11 is 0. The van der Waals surface area contributed by atoms with Crippen LogP contribution in [0, 0.1) is 0 Å². The van der Waals surface area contributed by atoms with Gasteiger partial charge in [-0.15, -0.1) is 0 Å². The summed E-state index contributed by atoms with van der Waals surface area (Å²) in [6.45, 7) is 1.85. The first-order valence-corrected chi connectivity index (χ1v) is 3.97. The SMILES string of the molecule is COC(C)Cc1c[nH]c(=O)[nH]c1=O. The van der Waals surface area contributed by atoms with Crippen molar-refractivity contribution < 1.29 is 4.74 Å². The van der Waals surface area contributed by atoms with Gasteiger partial charge in [-0.05, 0) is 6.92 Å². The smallest absolute Gasteiger partial charge is 0.325 e. The normalized spacial score (nSPS) is 12.8. The molecule has 1 aromatic rings. The lowest BCUT2D eigenvalue weighted by atomic mass is 10.2. The quantitative estimate of drug-likeness (QED) is 0.673. The van der Waals surface area contributed by atoms with Crippen LogP contribution >= 0.6 is 0 Å². The Labute approximate surface area is 74.8 Å². The average Bonchev–Trinajstić information content (AvgIpc) is 2.09. The molecule has 1 rings (SSSR count). The molecule has 0 aliphatic rings. The van der Waals surface area contributed by atoms with E-state index in [4.69, 9.17) is 4.74 Å². The topological polar surface area (TPSA) is 75.0 Å². The standard InChI is InChI=1S/C8H12N2O3/c1-5(13-2)3-6-4-9-8(12)10-7(6)11/h4-5H,3H2,1-2H3,(H2,9,10,11,12). The van der Waals surface area contributed by atoms with Gasteiger partial charge in [0.05, 0.1) is 6.10 Å². The van der Waals surface area contributed by atoms with Crippen molar-refractivity contribution in [2.45, 2.75) is 19.4 Å². The molecular weight excluding hydrogens is 172 g/mol. The first kappa shape index (κ1) is 9.73. The molecule has 5 heteroatoms. The van der Waals surface area contributed by atoms with Crippen molar-refractivity contribution in [1.29, 1.82) is 0 Å². The number of nitrogens with one attached hydrogen (secondary N) is 2. The fourth-order valence-electron chi connectivity index (χ4n) is 0.982. The highest BCUT2D eigenvalue weighted by Crippen LogP contribution is 1.96. The Morgan fingerprint density at radius 3 is 2.77 bits per heavy atom. The molecule has 0 saturated heterocycles. The summed E-state index contributed by atoms with van der Waals surface area (Å²) in [5.74, 6) is 0. The molecule has 13 heavy (non-hydrogen) atoms. The molecule has 72 valence electrons. The third-order valence-electron chi connectivity index (χ3n) is 1.81. The predicted molar refractivity (Wildman–Crippen MR) is 47.9 cm³/mol. The van der Waals surface area contributed by atoms with Gasteiger partial charge in [-0.1, -0.05) is 0 Å². The van der Waals surface area contributed by atoms with Crippen molar-refractivity contribution in [3.8, 4) is 0 Å². The van der Waals surface area contributed by atoms with E-state index in [0.29, 0.717) is 12.0 Å². The molecule has 1 aromatic heterocycles. The zero-order chi connectivity index (χ0) is 9.84. The Kier molecular flexibility index (Phi) is 3.02. The van der Waals surface area contributed by atoms with E-state index in [-0.39, 0.29) is 11.7 Å². The van der Waals surface area contributed by atoms with Crippen LogP contribution in [0.15, 0.2) is 15.8 Å². The molecule has 2 N–H and O–H groups in total. The molecule has 1 unspecified atom stereocenters. The molecule has 0 aromatic carbocycles. The average molecular weight is 184 g/mol. The summed E-state index contributed by atoms with van der Waals surface area (Å²) in [4.78, 5) is 26.4. The van der Waals surface area contributed by atoms with Crippen LogP contribution in [0.2, 0.25) is 0 Å².